The molecular formula is C10H19BrN2O. The van der Waals surface area contributed by atoms with Crippen molar-refractivity contribution in [3.8, 4) is 0 Å². The van der Waals surface area contributed by atoms with E-state index in [0.717, 1.165) is 31.3 Å². The van der Waals surface area contributed by atoms with Crippen LogP contribution in [0.1, 0.15) is 19.3 Å². The maximum Gasteiger partial charge on any atom is 0.223 e. The molecule has 0 saturated carbocycles. The summed E-state index contributed by atoms with van der Waals surface area (Å²) in [6.45, 7) is 2.22. The van der Waals surface area contributed by atoms with Crippen LogP contribution in [0.3, 0.4) is 0 Å². The Labute approximate surface area is 94.6 Å². The van der Waals surface area contributed by atoms with Crippen LogP contribution in [0.25, 0.3) is 0 Å². The molecule has 82 valence electrons. The Kier molecular flexibility index (Phi) is 4.89. The van der Waals surface area contributed by atoms with Crippen molar-refractivity contribution >= 4 is 21.8 Å². The van der Waals surface area contributed by atoms with Gasteiger partial charge < -0.3 is 9.80 Å². The maximum absolute atomic E-state index is 11.6. The van der Waals surface area contributed by atoms with E-state index >= 15 is 0 Å². The molecule has 4 heteroatoms. The highest BCUT2D eigenvalue weighted by atomic mass is 79.9. The van der Waals surface area contributed by atoms with Crippen LogP contribution in [-0.2, 0) is 4.79 Å². The molecule has 0 spiro atoms. The predicted octanol–water partition coefficient (Wildman–Crippen LogP) is 1.32. The van der Waals surface area contributed by atoms with Gasteiger partial charge in [0.1, 0.15) is 0 Å². The summed E-state index contributed by atoms with van der Waals surface area (Å²) in [5, 5.41) is 0.767. The minimum atomic E-state index is 0.261. The van der Waals surface area contributed by atoms with E-state index in [4.69, 9.17) is 0 Å². The zero-order valence-electron chi connectivity index (χ0n) is 9.00. The van der Waals surface area contributed by atoms with Crippen LogP contribution in [0.5, 0.6) is 0 Å². The Morgan fingerprint density at radius 2 is 2.07 bits per heavy atom. The van der Waals surface area contributed by atoms with Gasteiger partial charge in [0, 0.05) is 24.8 Å². The summed E-state index contributed by atoms with van der Waals surface area (Å²) in [7, 11) is 4.07. The third-order valence-corrected chi connectivity index (χ3v) is 3.33. The van der Waals surface area contributed by atoms with E-state index in [-0.39, 0.29) is 5.91 Å². The fourth-order valence-electron chi connectivity index (χ4n) is 1.84. The average Bonchev–Trinajstić information content (AvgIpc) is 2.18. The summed E-state index contributed by atoms with van der Waals surface area (Å²) >= 11 is 3.30. The third kappa shape index (κ3) is 3.24. The largest absolute Gasteiger partial charge is 0.343 e. The van der Waals surface area contributed by atoms with Gasteiger partial charge in [-0.05, 0) is 33.0 Å². The molecule has 1 saturated heterocycles. The van der Waals surface area contributed by atoms with Gasteiger partial charge in [0.25, 0.3) is 0 Å². The second-order valence-electron chi connectivity index (χ2n) is 3.98. The summed E-state index contributed by atoms with van der Waals surface area (Å²) in [6.07, 6.45) is 2.84. The molecule has 1 aliphatic heterocycles. The monoisotopic (exact) mass is 262 g/mol. The molecule has 0 aromatic carbocycles. The number of alkyl halides is 1. The minimum absolute atomic E-state index is 0.261. The molecule has 1 heterocycles. The van der Waals surface area contributed by atoms with Gasteiger partial charge in [0.15, 0.2) is 0 Å². The van der Waals surface area contributed by atoms with Crippen LogP contribution < -0.4 is 0 Å². The number of hydrogen-bond acceptors (Lipinski definition) is 2. The first-order chi connectivity index (χ1) is 6.65. The molecule has 0 aromatic rings. The third-order valence-electron chi connectivity index (χ3n) is 2.94. The van der Waals surface area contributed by atoms with Crippen molar-refractivity contribution in [2.24, 2.45) is 0 Å². The Morgan fingerprint density at radius 3 is 2.57 bits per heavy atom. The van der Waals surface area contributed by atoms with Crippen molar-refractivity contribution < 1.29 is 4.79 Å². The Balaban J connectivity index is 2.37. The molecule has 0 N–H and O–H groups in total. The first-order valence-electron chi connectivity index (χ1n) is 5.15. The highest BCUT2D eigenvalue weighted by Gasteiger charge is 2.23. The summed E-state index contributed by atoms with van der Waals surface area (Å²) < 4.78 is 0. The lowest BCUT2D eigenvalue weighted by molar-refractivity contribution is -0.132. The van der Waals surface area contributed by atoms with Gasteiger partial charge in [-0.15, -0.1) is 0 Å². The minimum Gasteiger partial charge on any atom is -0.343 e. The number of halogens is 1. The van der Waals surface area contributed by atoms with E-state index < -0.39 is 0 Å². The first kappa shape index (κ1) is 12.0. The molecule has 1 fully saturated rings. The summed E-state index contributed by atoms with van der Waals surface area (Å²) in [5.74, 6) is 0.261. The van der Waals surface area contributed by atoms with Gasteiger partial charge in [-0.3, -0.25) is 4.79 Å². The lowest BCUT2D eigenvalue weighted by atomic mass is 10.0. The van der Waals surface area contributed by atoms with Crippen molar-refractivity contribution in [3.63, 3.8) is 0 Å². The van der Waals surface area contributed by atoms with Crippen LogP contribution in [0, 0.1) is 0 Å². The molecule has 14 heavy (non-hydrogen) atoms. The molecule has 0 unspecified atom stereocenters. The second kappa shape index (κ2) is 5.71. The average molecular weight is 263 g/mol. The number of likely N-dealkylation sites (tertiary alicyclic amines) is 1. The summed E-state index contributed by atoms with van der Waals surface area (Å²) in [5.41, 5.74) is 0. The van der Waals surface area contributed by atoms with Gasteiger partial charge in [-0.1, -0.05) is 15.9 Å². The first-order valence-corrected chi connectivity index (χ1v) is 6.27. The zero-order chi connectivity index (χ0) is 10.6. The number of rotatable bonds is 3. The molecule has 0 aromatic heterocycles. The normalized spacial score (nSPS) is 19.6. The molecule has 0 atom stereocenters. The van der Waals surface area contributed by atoms with E-state index in [1.807, 2.05) is 11.9 Å². The lowest BCUT2D eigenvalue weighted by Gasteiger charge is -2.35. The van der Waals surface area contributed by atoms with Crippen LogP contribution in [-0.4, -0.2) is 54.3 Å². The summed E-state index contributed by atoms with van der Waals surface area (Å²) in [4.78, 5) is 15.8. The van der Waals surface area contributed by atoms with Crippen molar-refractivity contribution in [1.29, 1.82) is 0 Å². The van der Waals surface area contributed by atoms with Crippen LogP contribution in [0.4, 0.5) is 0 Å². The van der Waals surface area contributed by atoms with E-state index in [1.165, 1.54) is 0 Å². The molecule has 1 aliphatic rings. The van der Waals surface area contributed by atoms with Crippen molar-refractivity contribution in [1.82, 2.24) is 9.80 Å². The molecule has 1 rings (SSSR count). The molecule has 3 nitrogen and oxygen atoms in total. The van der Waals surface area contributed by atoms with Crippen molar-refractivity contribution in [2.75, 3.05) is 32.5 Å². The van der Waals surface area contributed by atoms with Crippen molar-refractivity contribution in [2.45, 2.75) is 25.3 Å². The van der Waals surface area contributed by atoms with Crippen molar-refractivity contribution in [3.05, 3.63) is 0 Å². The maximum atomic E-state index is 11.6. The Hall–Kier alpha value is -0.0900. The molecule has 0 bridgehead atoms. The van der Waals surface area contributed by atoms with E-state index in [2.05, 4.69) is 27.9 Å². The summed E-state index contributed by atoms with van der Waals surface area (Å²) in [6, 6.07) is 0.456. The van der Waals surface area contributed by atoms with Gasteiger partial charge in [0.05, 0.1) is 0 Å². The SMILES string of the molecule is CN1CCC(N(C)C(=O)CCBr)CC1. The number of carbonyl (C=O) groups is 1. The Bertz CT molecular complexity index is 191. The van der Waals surface area contributed by atoms with Crippen LogP contribution >= 0.6 is 15.9 Å². The zero-order valence-corrected chi connectivity index (χ0v) is 10.6. The number of piperidine rings is 1. The van der Waals surface area contributed by atoms with E-state index in [1.54, 1.807) is 0 Å². The molecule has 1 amide bonds. The lowest BCUT2D eigenvalue weighted by Crippen LogP contribution is -2.44. The van der Waals surface area contributed by atoms with Crippen LogP contribution in [0.15, 0.2) is 0 Å². The Morgan fingerprint density at radius 1 is 1.50 bits per heavy atom. The second-order valence-corrected chi connectivity index (χ2v) is 4.77. The number of carbonyl (C=O) groups excluding carboxylic acids is 1. The smallest absolute Gasteiger partial charge is 0.223 e. The molecular weight excluding hydrogens is 244 g/mol. The highest BCUT2D eigenvalue weighted by Crippen LogP contribution is 2.14. The standard InChI is InChI=1S/C10H19BrN2O/c1-12-7-4-9(5-8-12)13(2)10(14)3-6-11/h9H,3-8H2,1-2H3. The predicted molar refractivity (Wildman–Crippen MR) is 61.7 cm³/mol. The topological polar surface area (TPSA) is 23.6 Å². The fraction of sp³-hybridized carbons (Fsp3) is 0.900. The number of hydrogen-bond donors (Lipinski definition) is 0. The number of nitrogens with zero attached hydrogens (tertiary/aromatic N) is 2. The van der Waals surface area contributed by atoms with Gasteiger partial charge in [-0.2, -0.15) is 0 Å². The molecule has 0 radical (unpaired) electrons. The highest BCUT2D eigenvalue weighted by molar-refractivity contribution is 9.09. The van der Waals surface area contributed by atoms with Crippen LogP contribution in [0.2, 0.25) is 0 Å². The van der Waals surface area contributed by atoms with E-state index in [0.29, 0.717) is 12.5 Å². The number of amides is 1. The molecule has 0 aliphatic carbocycles. The van der Waals surface area contributed by atoms with Gasteiger partial charge in [-0.25, -0.2) is 0 Å². The quantitative estimate of drug-likeness (QED) is 0.717. The van der Waals surface area contributed by atoms with Gasteiger partial charge >= 0.3 is 0 Å². The fourth-order valence-corrected chi connectivity index (χ4v) is 2.18. The van der Waals surface area contributed by atoms with Gasteiger partial charge in [0.2, 0.25) is 5.91 Å². The van der Waals surface area contributed by atoms with E-state index in [9.17, 15) is 4.79 Å².